The Bertz CT molecular complexity index is 443. The number of ether oxygens (including phenoxy) is 1. The number of amides is 1. The third-order valence-electron chi connectivity index (χ3n) is 2.55. The van der Waals surface area contributed by atoms with Gasteiger partial charge < -0.3 is 9.84 Å². The maximum absolute atomic E-state index is 11.5. The van der Waals surface area contributed by atoms with Crippen LogP contribution in [0.2, 0.25) is 0 Å². The van der Waals surface area contributed by atoms with Crippen molar-refractivity contribution in [2.75, 3.05) is 18.6 Å². The lowest BCUT2D eigenvalue weighted by Gasteiger charge is -2.14. The highest BCUT2D eigenvalue weighted by molar-refractivity contribution is 5.95. The van der Waals surface area contributed by atoms with E-state index in [4.69, 9.17) is 0 Å². The number of rotatable bonds is 2. The molecule has 0 bridgehead atoms. The van der Waals surface area contributed by atoms with Gasteiger partial charge in [0, 0.05) is 6.20 Å². The number of methoxy groups -OCH3 is 1. The van der Waals surface area contributed by atoms with Gasteiger partial charge in [-0.1, -0.05) is 0 Å². The molecule has 1 aromatic heterocycles. The highest BCUT2D eigenvalue weighted by atomic mass is 16.5. The molecule has 1 saturated heterocycles. The second-order valence-corrected chi connectivity index (χ2v) is 3.76. The summed E-state index contributed by atoms with van der Waals surface area (Å²) in [7, 11) is 1.29. The quantitative estimate of drug-likeness (QED) is 0.729. The lowest BCUT2D eigenvalue weighted by molar-refractivity contribution is -0.117. The van der Waals surface area contributed by atoms with Crippen molar-refractivity contribution in [2.24, 2.45) is 0 Å². The number of aliphatic hydroxyl groups excluding tert-OH is 1. The third-order valence-corrected chi connectivity index (χ3v) is 2.55. The number of carbonyl (C=O) groups excluding carboxylic acids is 2. The van der Waals surface area contributed by atoms with Crippen LogP contribution in [0.1, 0.15) is 16.8 Å². The van der Waals surface area contributed by atoms with E-state index in [9.17, 15) is 14.7 Å². The molecule has 17 heavy (non-hydrogen) atoms. The number of esters is 1. The normalized spacial score (nSPS) is 19.5. The Labute approximate surface area is 97.8 Å². The van der Waals surface area contributed by atoms with Crippen LogP contribution < -0.4 is 4.90 Å². The van der Waals surface area contributed by atoms with E-state index in [0.29, 0.717) is 11.4 Å². The molecule has 1 N–H and O–H groups in total. The van der Waals surface area contributed by atoms with Crippen LogP contribution in [-0.4, -0.2) is 41.7 Å². The molecule has 1 unspecified atom stereocenters. The van der Waals surface area contributed by atoms with Gasteiger partial charge in [0.25, 0.3) is 0 Å². The summed E-state index contributed by atoms with van der Waals surface area (Å²) in [6.45, 7) is 0.239. The monoisotopic (exact) mass is 236 g/mol. The molecule has 90 valence electrons. The van der Waals surface area contributed by atoms with Crippen LogP contribution in [0, 0.1) is 0 Å². The van der Waals surface area contributed by atoms with Gasteiger partial charge in [-0.25, -0.2) is 9.78 Å². The predicted octanol–water partition coefficient (Wildman–Crippen LogP) is -0.0342. The Kier molecular flexibility index (Phi) is 3.06. The van der Waals surface area contributed by atoms with Crippen molar-refractivity contribution >= 4 is 17.7 Å². The van der Waals surface area contributed by atoms with Crippen LogP contribution in [0.25, 0.3) is 0 Å². The predicted molar refractivity (Wildman–Crippen MR) is 58.6 cm³/mol. The van der Waals surface area contributed by atoms with Gasteiger partial charge >= 0.3 is 5.97 Å². The van der Waals surface area contributed by atoms with Crippen LogP contribution in [-0.2, 0) is 9.53 Å². The summed E-state index contributed by atoms with van der Waals surface area (Å²) >= 11 is 0. The van der Waals surface area contributed by atoms with E-state index in [0.717, 1.165) is 0 Å². The fourth-order valence-corrected chi connectivity index (χ4v) is 1.69. The number of anilines is 1. The molecule has 2 rings (SSSR count). The van der Waals surface area contributed by atoms with Gasteiger partial charge in [0.15, 0.2) is 0 Å². The summed E-state index contributed by atoms with van der Waals surface area (Å²) in [6.07, 6.45) is 0.809. The van der Waals surface area contributed by atoms with E-state index in [-0.39, 0.29) is 18.9 Å². The smallest absolute Gasteiger partial charge is 0.339 e. The summed E-state index contributed by atoms with van der Waals surface area (Å²) in [5, 5.41) is 9.35. The summed E-state index contributed by atoms with van der Waals surface area (Å²) in [4.78, 5) is 28.1. The first-order valence-electron chi connectivity index (χ1n) is 5.14. The van der Waals surface area contributed by atoms with Gasteiger partial charge in [-0.15, -0.1) is 0 Å². The zero-order valence-corrected chi connectivity index (χ0v) is 9.29. The number of hydrogen-bond donors (Lipinski definition) is 1. The molecule has 1 atom stereocenters. The van der Waals surface area contributed by atoms with Crippen molar-refractivity contribution in [2.45, 2.75) is 12.5 Å². The van der Waals surface area contributed by atoms with Gasteiger partial charge in [-0.3, -0.25) is 9.69 Å². The van der Waals surface area contributed by atoms with E-state index in [1.165, 1.54) is 24.3 Å². The summed E-state index contributed by atoms with van der Waals surface area (Å²) < 4.78 is 4.54. The molecule has 1 aliphatic heterocycles. The van der Waals surface area contributed by atoms with Crippen molar-refractivity contribution in [3.8, 4) is 0 Å². The largest absolute Gasteiger partial charge is 0.465 e. The minimum atomic E-state index is -0.649. The van der Waals surface area contributed by atoms with Gasteiger partial charge in [0.2, 0.25) is 5.91 Å². The number of nitrogens with zero attached hydrogens (tertiary/aromatic N) is 2. The fraction of sp³-hybridized carbons (Fsp3) is 0.364. The second kappa shape index (κ2) is 4.50. The van der Waals surface area contributed by atoms with Crippen molar-refractivity contribution in [1.82, 2.24) is 4.98 Å². The zero-order valence-electron chi connectivity index (χ0n) is 9.29. The molecule has 1 fully saturated rings. The first kappa shape index (κ1) is 11.5. The maximum Gasteiger partial charge on any atom is 0.339 e. The van der Waals surface area contributed by atoms with E-state index >= 15 is 0 Å². The van der Waals surface area contributed by atoms with Gasteiger partial charge in [-0.2, -0.15) is 0 Å². The first-order chi connectivity index (χ1) is 8.11. The zero-order chi connectivity index (χ0) is 12.4. The molecular weight excluding hydrogens is 224 g/mol. The number of β-amino-alcohol motifs (C(OH)–C–C–N with tert-alkyl or cyclic N) is 1. The maximum atomic E-state index is 11.5. The molecule has 0 radical (unpaired) electrons. The van der Waals surface area contributed by atoms with E-state index in [1.54, 1.807) is 6.07 Å². The van der Waals surface area contributed by atoms with Crippen LogP contribution in [0.3, 0.4) is 0 Å². The highest BCUT2D eigenvalue weighted by Crippen LogP contribution is 2.19. The van der Waals surface area contributed by atoms with Gasteiger partial charge in [0.1, 0.15) is 5.82 Å². The molecule has 6 nitrogen and oxygen atoms in total. The van der Waals surface area contributed by atoms with E-state index in [2.05, 4.69) is 9.72 Å². The molecule has 0 saturated carbocycles. The standard InChI is InChI=1S/C11H12N2O4/c1-17-11(16)7-2-3-9(12-5-7)13-6-8(14)4-10(13)15/h2-3,5,8,14H,4,6H2,1H3. The number of carbonyl (C=O) groups is 2. The van der Waals surface area contributed by atoms with E-state index < -0.39 is 12.1 Å². The third kappa shape index (κ3) is 2.26. The van der Waals surface area contributed by atoms with Crippen LogP contribution in [0.4, 0.5) is 5.82 Å². The number of aromatic nitrogens is 1. The Morgan fingerprint density at radius 2 is 2.35 bits per heavy atom. The summed E-state index contributed by atoms with van der Waals surface area (Å²) in [6, 6.07) is 3.09. The molecule has 1 amide bonds. The van der Waals surface area contributed by atoms with Crippen molar-refractivity contribution < 1.29 is 19.4 Å². The molecule has 0 aliphatic carbocycles. The molecular formula is C11H12N2O4. The van der Waals surface area contributed by atoms with Crippen molar-refractivity contribution in [3.63, 3.8) is 0 Å². The Morgan fingerprint density at radius 3 is 2.82 bits per heavy atom. The minimum Gasteiger partial charge on any atom is -0.465 e. The van der Waals surface area contributed by atoms with Crippen molar-refractivity contribution in [1.29, 1.82) is 0 Å². The number of hydrogen-bond acceptors (Lipinski definition) is 5. The van der Waals surface area contributed by atoms with Crippen molar-refractivity contribution in [3.05, 3.63) is 23.9 Å². The van der Waals surface area contributed by atoms with Gasteiger partial charge in [-0.05, 0) is 12.1 Å². The van der Waals surface area contributed by atoms with Crippen LogP contribution in [0.5, 0.6) is 0 Å². The molecule has 6 heteroatoms. The Hall–Kier alpha value is -1.95. The van der Waals surface area contributed by atoms with Gasteiger partial charge in [0.05, 0.1) is 31.7 Å². The Morgan fingerprint density at radius 1 is 1.59 bits per heavy atom. The lowest BCUT2D eigenvalue weighted by Crippen LogP contribution is -2.26. The molecule has 0 spiro atoms. The first-order valence-corrected chi connectivity index (χ1v) is 5.14. The molecule has 0 aromatic carbocycles. The minimum absolute atomic E-state index is 0.112. The number of pyridine rings is 1. The summed E-state index contributed by atoms with van der Waals surface area (Å²) in [5.41, 5.74) is 0.323. The molecule has 1 aliphatic rings. The topological polar surface area (TPSA) is 79.7 Å². The summed E-state index contributed by atoms with van der Waals surface area (Å²) in [5.74, 6) is -0.216. The SMILES string of the molecule is COC(=O)c1ccc(N2CC(O)CC2=O)nc1. The average Bonchev–Trinajstić information content (AvgIpc) is 2.68. The fourth-order valence-electron chi connectivity index (χ4n) is 1.69. The number of aliphatic hydroxyl groups is 1. The van der Waals surface area contributed by atoms with Crippen LogP contribution in [0.15, 0.2) is 18.3 Å². The molecule has 2 heterocycles. The highest BCUT2D eigenvalue weighted by Gasteiger charge is 2.29. The molecule has 1 aromatic rings. The van der Waals surface area contributed by atoms with E-state index in [1.807, 2.05) is 0 Å². The Balaban J connectivity index is 2.18. The second-order valence-electron chi connectivity index (χ2n) is 3.76. The average molecular weight is 236 g/mol. The lowest BCUT2D eigenvalue weighted by atomic mass is 10.3. The van der Waals surface area contributed by atoms with Crippen LogP contribution >= 0.6 is 0 Å².